The first-order valence-corrected chi connectivity index (χ1v) is 9.88. The molecule has 2 aromatic rings. The number of hydrogen-bond donors (Lipinski definition) is 0. The van der Waals surface area contributed by atoms with Gasteiger partial charge in [-0.15, -0.1) is 0 Å². The maximum atomic E-state index is 14.5. The summed E-state index contributed by atoms with van der Waals surface area (Å²) in [7, 11) is 0. The molecule has 1 heterocycles. The van der Waals surface area contributed by atoms with E-state index in [1.165, 1.54) is 14.5 Å². The van der Waals surface area contributed by atoms with Gasteiger partial charge < -0.3 is 0 Å². The van der Waals surface area contributed by atoms with E-state index in [0.29, 0.717) is 0 Å². The molecule has 114 valence electrons. The molecule has 0 aromatic heterocycles. The van der Waals surface area contributed by atoms with E-state index in [1.54, 1.807) is 6.07 Å². The summed E-state index contributed by atoms with van der Waals surface area (Å²) in [5.41, 5.74) is 4.12. The van der Waals surface area contributed by atoms with E-state index >= 15 is 0 Å². The number of rotatable bonds is 4. The molecule has 0 aliphatic carbocycles. The fourth-order valence-corrected chi connectivity index (χ4v) is 5.15. The van der Waals surface area contributed by atoms with Gasteiger partial charge in [0.1, 0.15) is 0 Å². The molecule has 0 unspecified atom stereocenters. The van der Waals surface area contributed by atoms with Crippen LogP contribution in [0.4, 0.5) is 4.39 Å². The van der Waals surface area contributed by atoms with Crippen LogP contribution in [0.25, 0.3) is 15.6 Å². The third-order valence-electron chi connectivity index (χ3n) is 4.08. The standard InChI is InChI=1S/C20H21FSe/c1-3-14-5-7-15(8-6-14)16-9-11-18(19(21)13-16)20-12-10-17(4-2)22-20/h5-13H,3-4,22H2,1-2H3. The second kappa shape index (κ2) is 6.64. The number of halogens is 1. The van der Waals surface area contributed by atoms with Crippen LogP contribution in [0.5, 0.6) is 0 Å². The molecule has 22 heavy (non-hydrogen) atoms. The zero-order chi connectivity index (χ0) is 15.5. The van der Waals surface area contributed by atoms with Gasteiger partial charge in [-0.2, -0.15) is 0 Å². The molecule has 0 saturated carbocycles. The van der Waals surface area contributed by atoms with Gasteiger partial charge in [0.25, 0.3) is 0 Å². The SMILES string of the molecule is CCC1=CC=C(c2ccc(-c3ccc(CC)cc3)cc2F)[SeH2]1. The second-order valence-electron chi connectivity index (χ2n) is 5.50. The second-order valence-corrected chi connectivity index (χ2v) is 8.50. The molecule has 1 aliphatic heterocycles. The summed E-state index contributed by atoms with van der Waals surface area (Å²) in [6.45, 7) is 4.31. The molecular formula is C20H21FSe. The van der Waals surface area contributed by atoms with Gasteiger partial charge in [-0.1, -0.05) is 0 Å². The fraction of sp³-hybridized carbons (Fsp3) is 0.200. The van der Waals surface area contributed by atoms with Crippen molar-refractivity contribution in [1.29, 1.82) is 0 Å². The molecule has 3 rings (SSSR count). The third kappa shape index (κ3) is 3.09. The molecule has 0 amide bonds. The molecule has 0 saturated heterocycles. The Labute approximate surface area is 137 Å². The van der Waals surface area contributed by atoms with Crippen LogP contribution in [0.2, 0.25) is 0 Å². The predicted octanol–water partition coefficient (Wildman–Crippen LogP) is 4.87. The molecule has 0 N–H and O–H groups in total. The van der Waals surface area contributed by atoms with E-state index in [0.717, 1.165) is 29.5 Å². The molecule has 0 spiro atoms. The summed E-state index contributed by atoms with van der Waals surface area (Å²) in [4.78, 5) is 0. The average Bonchev–Trinajstić information content (AvgIpc) is 3.03. The van der Waals surface area contributed by atoms with Crippen molar-refractivity contribution in [1.82, 2.24) is 0 Å². The Kier molecular flexibility index (Phi) is 4.61. The third-order valence-corrected chi connectivity index (χ3v) is 7.33. The molecule has 0 bridgehead atoms. The maximum absolute atomic E-state index is 14.5. The summed E-state index contributed by atoms with van der Waals surface area (Å²) >= 11 is -0.318. The molecule has 0 radical (unpaired) electrons. The van der Waals surface area contributed by atoms with E-state index < -0.39 is 0 Å². The van der Waals surface area contributed by atoms with Crippen LogP contribution in [0.15, 0.2) is 59.1 Å². The van der Waals surface area contributed by atoms with E-state index in [1.807, 2.05) is 12.1 Å². The van der Waals surface area contributed by atoms with Crippen molar-refractivity contribution in [3.05, 3.63) is 76.0 Å². The van der Waals surface area contributed by atoms with Crippen LogP contribution >= 0.6 is 0 Å². The topological polar surface area (TPSA) is 0 Å². The predicted molar refractivity (Wildman–Crippen MR) is 96.1 cm³/mol. The summed E-state index contributed by atoms with van der Waals surface area (Å²) in [5.74, 6) is -0.0992. The molecular weight excluding hydrogens is 338 g/mol. The van der Waals surface area contributed by atoms with E-state index in [2.05, 4.69) is 50.3 Å². The molecule has 1 aliphatic rings. The molecule has 0 atom stereocenters. The van der Waals surface area contributed by atoms with E-state index in [9.17, 15) is 4.39 Å². The van der Waals surface area contributed by atoms with Crippen molar-refractivity contribution >= 4 is 19.4 Å². The Balaban J connectivity index is 1.86. The Hall–Kier alpha value is -1.63. The zero-order valence-electron chi connectivity index (χ0n) is 13.0. The monoisotopic (exact) mass is 360 g/mol. The number of allylic oxidation sites excluding steroid dienone is 3. The van der Waals surface area contributed by atoms with Crippen molar-refractivity contribution in [2.45, 2.75) is 26.7 Å². The Morgan fingerprint density at radius 1 is 0.864 bits per heavy atom. The summed E-state index contributed by atoms with van der Waals surface area (Å²) in [6.07, 6.45) is 6.39. The Bertz CT molecular complexity index is 739. The van der Waals surface area contributed by atoms with Crippen LogP contribution in [-0.2, 0) is 6.42 Å². The van der Waals surface area contributed by atoms with E-state index in [-0.39, 0.29) is 20.8 Å². The Morgan fingerprint density at radius 2 is 1.59 bits per heavy atom. The average molecular weight is 359 g/mol. The minimum absolute atomic E-state index is 0.0992. The first-order valence-electron chi connectivity index (χ1n) is 7.78. The van der Waals surface area contributed by atoms with Crippen LogP contribution in [0, 0.1) is 5.82 Å². The van der Waals surface area contributed by atoms with Crippen LogP contribution in [-0.4, -0.2) is 15.0 Å². The van der Waals surface area contributed by atoms with Gasteiger partial charge in [0.05, 0.1) is 0 Å². The van der Waals surface area contributed by atoms with Gasteiger partial charge in [-0.25, -0.2) is 0 Å². The van der Waals surface area contributed by atoms with Gasteiger partial charge in [-0.05, 0) is 0 Å². The molecule has 0 nitrogen and oxygen atoms in total. The minimum atomic E-state index is -0.318. The normalized spacial score (nSPS) is 15.8. The van der Waals surface area contributed by atoms with Crippen molar-refractivity contribution in [2.75, 3.05) is 0 Å². The number of aryl methyl sites for hydroxylation is 1. The summed E-state index contributed by atoms with van der Waals surface area (Å²) in [6, 6.07) is 14.0. The quantitative estimate of drug-likeness (QED) is 0.683. The van der Waals surface area contributed by atoms with E-state index in [4.69, 9.17) is 0 Å². The van der Waals surface area contributed by atoms with Gasteiger partial charge in [-0.3, -0.25) is 0 Å². The first-order chi connectivity index (χ1) is 10.7. The summed E-state index contributed by atoms with van der Waals surface area (Å²) in [5, 5.41) is 0. The number of hydrogen-bond acceptors (Lipinski definition) is 0. The fourth-order valence-electron chi connectivity index (χ4n) is 2.65. The van der Waals surface area contributed by atoms with Gasteiger partial charge in [0, 0.05) is 0 Å². The van der Waals surface area contributed by atoms with Crippen molar-refractivity contribution in [3.8, 4) is 11.1 Å². The van der Waals surface area contributed by atoms with Gasteiger partial charge in [0.2, 0.25) is 0 Å². The molecule has 0 fully saturated rings. The summed E-state index contributed by atoms with van der Waals surface area (Å²) < 4.78 is 17.2. The first kappa shape index (κ1) is 15.3. The van der Waals surface area contributed by atoms with Crippen LogP contribution < -0.4 is 0 Å². The zero-order valence-corrected chi connectivity index (χ0v) is 15.1. The molecule has 2 heteroatoms. The van der Waals surface area contributed by atoms with Crippen molar-refractivity contribution in [2.24, 2.45) is 0 Å². The van der Waals surface area contributed by atoms with Crippen molar-refractivity contribution < 1.29 is 4.39 Å². The van der Waals surface area contributed by atoms with Crippen LogP contribution in [0.1, 0.15) is 31.4 Å². The van der Waals surface area contributed by atoms with Crippen LogP contribution in [0.3, 0.4) is 0 Å². The van der Waals surface area contributed by atoms with Crippen molar-refractivity contribution in [3.63, 3.8) is 0 Å². The number of benzene rings is 2. The van der Waals surface area contributed by atoms with Gasteiger partial charge >= 0.3 is 138 Å². The Morgan fingerprint density at radius 3 is 2.18 bits per heavy atom. The van der Waals surface area contributed by atoms with Gasteiger partial charge in [0.15, 0.2) is 0 Å². The molecule has 2 aromatic carbocycles.